The molecule has 0 aromatic rings. The van der Waals surface area contributed by atoms with Crippen LogP contribution < -0.4 is 5.09 Å². The molecule has 0 bridgehead atoms. The maximum Gasteiger partial charge on any atom is 0.298 e. The number of carbonyl (C=O) groups excluding carboxylic acids is 1. The fraction of sp³-hybridized carbons (Fsp3) is 0.833. The SMILES string of the molecule is CCOP(=O)(NC(=O)C=C(N1CCCCC1)N1CCCCC1)C(C)C. The molecule has 1 atom stereocenters. The van der Waals surface area contributed by atoms with Crippen LogP contribution in [0.5, 0.6) is 0 Å². The number of nitrogens with zero attached hydrogens (tertiary/aromatic N) is 2. The van der Waals surface area contributed by atoms with Gasteiger partial charge in [-0.25, -0.2) is 0 Å². The number of carbonyl (C=O) groups is 1. The number of hydrogen-bond acceptors (Lipinski definition) is 5. The first-order valence-corrected chi connectivity index (χ1v) is 11.4. The maximum atomic E-state index is 12.8. The Morgan fingerprint density at radius 2 is 1.52 bits per heavy atom. The first-order chi connectivity index (χ1) is 12.0. The van der Waals surface area contributed by atoms with Gasteiger partial charge in [-0.3, -0.25) is 14.4 Å². The highest BCUT2D eigenvalue weighted by atomic mass is 31.2. The summed E-state index contributed by atoms with van der Waals surface area (Å²) < 4.78 is 18.2. The summed E-state index contributed by atoms with van der Waals surface area (Å²) in [6.07, 6.45) is 8.80. The number of likely N-dealkylation sites (tertiary alicyclic amines) is 2. The summed E-state index contributed by atoms with van der Waals surface area (Å²) in [5.41, 5.74) is -0.238. The summed E-state index contributed by atoms with van der Waals surface area (Å²) in [7, 11) is -3.16. The highest BCUT2D eigenvalue weighted by Crippen LogP contribution is 2.47. The van der Waals surface area contributed by atoms with E-state index < -0.39 is 7.52 Å². The zero-order valence-electron chi connectivity index (χ0n) is 16.0. The summed E-state index contributed by atoms with van der Waals surface area (Å²) in [5.74, 6) is 0.681. The van der Waals surface area contributed by atoms with Gasteiger partial charge in [0.25, 0.3) is 13.4 Å². The molecule has 0 aromatic carbocycles. The lowest BCUT2D eigenvalue weighted by atomic mass is 10.1. The quantitative estimate of drug-likeness (QED) is 0.548. The Kier molecular flexibility index (Phi) is 7.82. The summed E-state index contributed by atoms with van der Waals surface area (Å²) in [6, 6.07) is 0. The van der Waals surface area contributed by atoms with Crippen LogP contribution >= 0.6 is 7.52 Å². The van der Waals surface area contributed by atoms with Gasteiger partial charge in [-0.15, -0.1) is 0 Å². The zero-order chi connectivity index (χ0) is 18.3. The van der Waals surface area contributed by atoms with Crippen LogP contribution in [0.25, 0.3) is 0 Å². The van der Waals surface area contributed by atoms with E-state index in [1.54, 1.807) is 13.0 Å². The number of piperidine rings is 2. The molecule has 6 nitrogen and oxygen atoms in total. The Morgan fingerprint density at radius 3 is 1.92 bits per heavy atom. The molecule has 2 aliphatic rings. The van der Waals surface area contributed by atoms with Crippen LogP contribution in [-0.4, -0.2) is 54.2 Å². The molecule has 0 saturated carbocycles. The minimum absolute atomic E-state index is 0.238. The number of rotatable bonds is 7. The molecule has 0 spiro atoms. The smallest absolute Gasteiger partial charge is 0.298 e. The molecule has 1 amide bonds. The lowest BCUT2D eigenvalue weighted by Crippen LogP contribution is -2.41. The molecule has 7 heteroatoms. The normalized spacial score (nSPS) is 21.0. The van der Waals surface area contributed by atoms with Gasteiger partial charge in [0.05, 0.1) is 6.61 Å². The molecule has 1 N–H and O–H groups in total. The molecule has 2 rings (SSSR count). The first kappa shape index (κ1) is 20.3. The zero-order valence-corrected chi connectivity index (χ0v) is 16.9. The minimum atomic E-state index is -3.16. The van der Waals surface area contributed by atoms with E-state index >= 15 is 0 Å². The van der Waals surface area contributed by atoms with Crippen molar-refractivity contribution in [1.82, 2.24) is 14.9 Å². The minimum Gasteiger partial charge on any atom is -0.358 e. The standard InChI is InChI=1S/C18H34N3O3P/c1-4-24-25(23,16(2)3)19-17(22)15-18(20-11-7-5-8-12-20)21-13-9-6-10-14-21/h15-16H,4-14H2,1-3H3,(H,19,22,23). The third kappa shape index (κ3) is 5.75. The van der Waals surface area contributed by atoms with Crippen molar-refractivity contribution in [3.8, 4) is 0 Å². The van der Waals surface area contributed by atoms with Gasteiger partial charge in [0.15, 0.2) is 0 Å². The van der Waals surface area contributed by atoms with Crippen LogP contribution in [0.3, 0.4) is 0 Å². The fourth-order valence-electron chi connectivity index (χ4n) is 3.43. The second-order valence-corrected chi connectivity index (χ2v) is 9.89. The summed E-state index contributed by atoms with van der Waals surface area (Å²) >= 11 is 0. The Morgan fingerprint density at radius 1 is 1.04 bits per heavy atom. The summed E-state index contributed by atoms with van der Waals surface area (Å²) in [6.45, 7) is 9.71. The third-order valence-corrected chi connectivity index (χ3v) is 7.42. The van der Waals surface area contributed by atoms with Crippen LogP contribution in [0.15, 0.2) is 11.9 Å². The highest BCUT2D eigenvalue weighted by Gasteiger charge is 2.30. The monoisotopic (exact) mass is 371 g/mol. The van der Waals surface area contributed by atoms with E-state index in [1.165, 1.54) is 12.8 Å². The van der Waals surface area contributed by atoms with Crippen molar-refractivity contribution in [1.29, 1.82) is 0 Å². The van der Waals surface area contributed by atoms with Crippen molar-refractivity contribution in [2.45, 2.75) is 65.0 Å². The predicted molar refractivity (Wildman–Crippen MR) is 101 cm³/mol. The van der Waals surface area contributed by atoms with Crippen molar-refractivity contribution in [3.63, 3.8) is 0 Å². The van der Waals surface area contributed by atoms with Crippen LogP contribution in [-0.2, 0) is 13.9 Å². The fourth-order valence-corrected chi connectivity index (χ4v) is 4.81. The molecule has 2 fully saturated rings. The molecular formula is C18H34N3O3P. The van der Waals surface area contributed by atoms with E-state index in [4.69, 9.17) is 4.52 Å². The average Bonchev–Trinajstić information content (AvgIpc) is 2.61. The van der Waals surface area contributed by atoms with Gasteiger partial charge < -0.3 is 14.3 Å². The van der Waals surface area contributed by atoms with Gasteiger partial charge >= 0.3 is 0 Å². The molecule has 2 aliphatic heterocycles. The molecule has 1 unspecified atom stereocenters. The number of nitrogens with one attached hydrogen (secondary N) is 1. The molecule has 144 valence electrons. The first-order valence-electron chi connectivity index (χ1n) is 9.74. The Labute approximate surface area is 152 Å². The van der Waals surface area contributed by atoms with Crippen molar-refractivity contribution in [3.05, 3.63) is 11.9 Å². The topological polar surface area (TPSA) is 61.9 Å². The second kappa shape index (κ2) is 9.63. The van der Waals surface area contributed by atoms with Crippen molar-refractivity contribution in [2.75, 3.05) is 32.8 Å². The lowest BCUT2D eigenvalue weighted by Gasteiger charge is -2.39. The lowest BCUT2D eigenvalue weighted by molar-refractivity contribution is -0.115. The molecule has 0 aliphatic carbocycles. The summed E-state index contributed by atoms with van der Waals surface area (Å²) in [5, 5.41) is 2.67. The molecule has 2 heterocycles. The van der Waals surface area contributed by atoms with E-state index in [1.807, 2.05) is 13.8 Å². The van der Waals surface area contributed by atoms with Crippen LogP contribution in [0.4, 0.5) is 0 Å². The van der Waals surface area contributed by atoms with E-state index in [0.29, 0.717) is 6.61 Å². The van der Waals surface area contributed by atoms with E-state index in [0.717, 1.165) is 57.7 Å². The Bertz CT molecular complexity index is 490. The largest absolute Gasteiger partial charge is 0.358 e. The van der Waals surface area contributed by atoms with Gasteiger partial charge in [0, 0.05) is 37.9 Å². The van der Waals surface area contributed by atoms with Crippen molar-refractivity contribution < 1.29 is 13.9 Å². The number of amides is 1. The van der Waals surface area contributed by atoms with Crippen LogP contribution in [0.2, 0.25) is 0 Å². The Balaban J connectivity index is 2.16. The van der Waals surface area contributed by atoms with Gasteiger partial charge in [0.1, 0.15) is 5.82 Å². The maximum absolute atomic E-state index is 12.8. The van der Waals surface area contributed by atoms with Gasteiger partial charge in [0.2, 0.25) is 0 Å². The van der Waals surface area contributed by atoms with E-state index in [9.17, 15) is 9.36 Å². The van der Waals surface area contributed by atoms with Crippen molar-refractivity contribution >= 4 is 13.4 Å². The van der Waals surface area contributed by atoms with E-state index in [-0.39, 0.29) is 11.6 Å². The molecule has 25 heavy (non-hydrogen) atoms. The third-order valence-electron chi connectivity index (χ3n) is 4.89. The highest BCUT2D eigenvalue weighted by molar-refractivity contribution is 7.58. The molecule has 0 radical (unpaired) electrons. The predicted octanol–water partition coefficient (Wildman–Crippen LogP) is 3.55. The molecular weight excluding hydrogens is 337 g/mol. The number of hydrogen-bond donors (Lipinski definition) is 1. The van der Waals surface area contributed by atoms with Gasteiger partial charge in [-0.05, 0) is 45.4 Å². The van der Waals surface area contributed by atoms with Crippen LogP contribution in [0.1, 0.15) is 59.3 Å². The van der Waals surface area contributed by atoms with Gasteiger partial charge in [-0.2, -0.15) is 0 Å². The van der Waals surface area contributed by atoms with Gasteiger partial charge in [-0.1, -0.05) is 13.8 Å². The summed E-state index contributed by atoms with van der Waals surface area (Å²) in [4.78, 5) is 17.3. The Hall–Kier alpha value is -1.00. The average molecular weight is 371 g/mol. The second-order valence-electron chi connectivity index (χ2n) is 7.18. The van der Waals surface area contributed by atoms with Crippen molar-refractivity contribution in [2.24, 2.45) is 0 Å². The molecule has 0 aromatic heterocycles. The van der Waals surface area contributed by atoms with E-state index in [2.05, 4.69) is 14.9 Å². The van der Waals surface area contributed by atoms with Crippen LogP contribution in [0, 0.1) is 0 Å². The molecule has 2 saturated heterocycles.